The average molecular weight is 352 g/mol. The van der Waals surface area contributed by atoms with Gasteiger partial charge in [-0.3, -0.25) is 0 Å². The molecule has 0 spiro atoms. The topological polar surface area (TPSA) is 30.5 Å². The summed E-state index contributed by atoms with van der Waals surface area (Å²) in [6.45, 7) is 9.02. The van der Waals surface area contributed by atoms with Gasteiger partial charge in [-0.05, 0) is 57.9 Å². The van der Waals surface area contributed by atoms with E-state index in [1.54, 1.807) is 0 Å². The molecule has 0 aliphatic carbocycles. The first-order valence-corrected chi connectivity index (χ1v) is 8.01. The van der Waals surface area contributed by atoms with Gasteiger partial charge in [0.2, 0.25) is 0 Å². The maximum atomic E-state index is 6.14. The number of likely N-dealkylation sites (N-methyl/N-ethyl adjacent to an activating group) is 1. The highest BCUT2D eigenvalue weighted by Gasteiger charge is 2.52. The van der Waals surface area contributed by atoms with E-state index in [2.05, 4.69) is 67.2 Å². The first kappa shape index (κ1) is 16.8. The minimum absolute atomic E-state index is 0.318. The number of nitrogens with one attached hydrogen (secondary N) is 1. The normalized spacial score (nSPS) is 20.9. The van der Waals surface area contributed by atoms with E-state index in [-0.39, 0.29) is 18.3 Å². The summed E-state index contributed by atoms with van der Waals surface area (Å²) in [5.74, 6) is 0. The molecule has 1 fully saturated rings. The fourth-order valence-electron chi connectivity index (χ4n) is 2.21. The maximum Gasteiger partial charge on any atom is 0.491 e. The molecule has 0 radical (unpaired) electrons. The molecular weight excluding hydrogens is 329 g/mol. The summed E-state index contributed by atoms with van der Waals surface area (Å²) in [4.78, 5) is 0. The van der Waals surface area contributed by atoms with Gasteiger partial charge in [-0.1, -0.05) is 34.1 Å². The highest BCUT2D eigenvalue weighted by molar-refractivity contribution is 9.10. The van der Waals surface area contributed by atoms with Gasteiger partial charge in [0.15, 0.2) is 0 Å². The van der Waals surface area contributed by atoms with Crippen LogP contribution in [0.5, 0.6) is 0 Å². The predicted molar refractivity (Wildman–Crippen MR) is 92.1 cm³/mol. The van der Waals surface area contributed by atoms with Crippen molar-refractivity contribution in [3.63, 3.8) is 0 Å². The molecule has 0 saturated carbocycles. The lowest BCUT2D eigenvalue weighted by molar-refractivity contribution is 0.00578. The van der Waals surface area contributed by atoms with E-state index in [9.17, 15) is 0 Å². The second kappa shape index (κ2) is 6.25. The van der Waals surface area contributed by atoms with E-state index in [4.69, 9.17) is 9.31 Å². The average Bonchev–Trinajstić information content (AvgIpc) is 2.58. The Balaban J connectivity index is 2.28. The van der Waals surface area contributed by atoms with Crippen molar-refractivity contribution in [3.8, 4) is 0 Å². The molecule has 1 saturated heterocycles. The van der Waals surface area contributed by atoms with Crippen molar-refractivity contribution < 1.29 is 9.31 Å². The molecule has 0 unspecified atom stereocenters. The second-order valence-electron chi connectivity index (χ2n) is 6.39. The molecule has 1 aliphatic rings. The first-order chi connectivity index (χ1) is 9.75. The predicted octanol–water partition coefficient (Wildman–Crippen LogP) is 3.68. The van der Waals surface area contributed by atoms with Gasteiger partial charge in [-0.15, -0.1) is 0 Å². The van der Waals surface area contributed by atoms with Crippen LogP contribution >= 0.6 is 15.9 Å². The van der Waals surface area contributed by atoms with E-state index < -0.39 is 0 Å². The maximum absolute atomic E-state index is 6.14. The molecule has 1 aromatic carbocycles. The van der Waals surface area contributed by atoms with Crippen LogP contribution in [0.25, 0.3) is 6.08 Å². The minimum Gasteiger partial charge on any atom is -0.400 e. The Morgan fingerprint density at radius 3 is 2.38 bits per heavy atom. The molecular formula is C16H23BBrNO2. The zero-order valence-corrected chi connectivity index (χ0v) is 15.0. The number of rotatable bonds is 4. The molecule has 1 N–H and O–H groups in total. The molecule has 1 aromatic rings. The van der Waals surface area contributed by atoms with Crippen molar-refractivity contribution in [3.05, 3.63) is 39.8 Å². The van der Waals surface area contributed by atoms with Crippen molar-refractivity contribution in [1.82, 2.24) is 5.32 Å². The summed E-state index contributed by atoms with van der Waals surface area (Å²) in [5, 5.41) is 3.19. The Bertz CT molecular complexity index is 527. The van der Waals surface area contributed by atoms with Crippen molar-refractivity contribution in [2.45, 2.75) is 38.9 Å². The van der Waals surface area contributed by atoms with Gasteiger partial charge in [-0.25, -0.2) is 0 Å². The zero-order valence-electron chi connectivity index (χ0n) is 13.4. The Morgan fingerprint density at radius 2 is 1.86 bits per heavy atom. The molecule has 1 heterocycles. The summed E-state index contributed by atoms with van der Waals surface area (Å²) in [6, 6.07) is 8.20. The zero-order chi connectivity index (χ0) is 15.7. The summed E-state index contributed by atoms with van der Waals surface area (Å²) < 4.78 is 13.3. The van der Waals surface area contributed by atoms with Crippen LogP contribution in [0.2, 0.25) is 0 Å². The SMILES string of the molecule is CNCC(=Cc1cccc(Br)c1)B1OC(C)(C)C(C)(C)O1. The third kappa shape index (κ3) is 3.78. The van der Waals surface area contributed by atoms with Gasteiger partial charge in [0.05, 0.1) is 11.2 Å². The Labute approximate surface area is 136 Å². The van der Waals surface area contributed by atoms with Crippen molar-refractivity contribution >= 4 is 29.1 Å². The van der Waals surface area contributed by atoms with Gasteiger partial charge in [0.1, 0.15) is 0 Å². The molecule has 1 aliphatic heterocycles. The Morgan fingerprint density at radius 1 is 1.24 bits per heavy atom. The van der Waals surface area contributed by atoms with Crippen molar-refractivity contribution in [2.75, 3.05) is 13.6 Å². The highest BCUT2D eigenvalue weighted by Crippen LogP contribution is 2.38. The number of hydrogen-bond donors (Lipinski definition) is 1. The second-order valence-corrected chi connectivity index (χ2v) is 7.31. The van der Waals surface area contributed by atoms with Crippen LogP contribution in [0.1, 0.15) is 33.3 Å². The van der Waals surface area contributed by atoms with Crippen LogP contribution in [-0.2, 0) is 9.31 Å². The quantitative estimate of drug-likeness (QED) is 0.839. The first-order valence-electron chi connectivity index (χ1n) is 7.21. The molecule has 0 atom stereocenters. The van der Waals surface area contributed by atoms with Gasteiger partial charge in [-0.2, -0.15) is 0 Å². The lowest BCUT2D eigenvalue weighted by Crippen LogP contribution is -2.41. The standard InChI is InChI=1S/C16H23BBrNO2/c1-15(2)16(3,4)21-17(20-15)13(11-19-5)9-12-7-6-8-14(18)10-12/h6-10,19H,11H2,1-5H3. The summed E-state index contributed by atoms with van der Waals surface area (Å²) in [5.41, 5.74) is 1.59. The lowest BCUT2D eigenvalue weighted by Gasteiger charge is -2.32. The molecule has 0 amide bonds. The fraction of sp³-hybridized carbons (Fsp3) is 0.500. The number of hydrogen-bond acceptors (Lipinski definition) is 3. The monoisotopic (exact) mass is 351 g/mol. The van der Waals surface area contributed by atoms with Crippen molar-refractivity contribution in [1.29, 1.82) is 0 Å². The largest absolute Gasteiger partial charge is 0.491 e. The van der Waals surface area contributed by atoms with Crippen LogP contribution < -0.4 is 5.32 Å². The minimum atomic E-state index is -0.318. The van der Waals surface area contributed by atoms with Gasteiger partial charge >= 0.3 is 7.12 Å². The van der Waals surface area contributed by atoms with Crippen LogP contribution in [0, 0.1) is 0 Å². The van der Waals surface area contributed by atoms with E-state index in [0.717, 1.165) is 22.1 Å². The van der Waals surface area contributed by atoms with Gasteiger partial charge < -0.3 is 14.6 Å². The van der Waals surface area contributed by atoms with Crippen LogP contribution in [0.3, 0.4) is 0 Å². The fourth-order valence-corrected chi connectivity index (χ4v) is 2.63. The van der Waals surface area contributed by atoms with Gasteiger partial charge in [0, 0.05) is 11.0 Å². The third-order valence-electron chi connectivity index (χ3n) is 4.14. The number of benzene rings is 1. The number of halogens is 1. The van der Waals surface area contributed by atoms with Crippen molar-refractivity contribution in [2.24, 2.45) is 0 Å². The molecule has 0 aromatic heterocycles. The molecule has 3 nitrogen and oxygen atoms in total. The smallest absolute Gasteiger partial charge is 0.400 e. The van der Waals surface area contributed by atoms with E-state index in [0.29, 0.717) is 0 Å². The summed E-state index contributed by atoms with van der Waals surface area (Å²) >= 11 is 3.50. The Hall–Kier alpha value is -0.615. The highest BCUT2D eigenvalue weighted by atomic mass is 79.9. The third-order valence-corrected chi connectivity index (χ3v) is 4.63. The van der Waals surface area contributed by atoms with Gasteiger partial charge in [0.25, 0.3) is 0 Å². The lowest BCUT2D eigenvalue weighted by atomic mass is 9.77. The van der Waals surface area contributed by atoms with E-state index in [1.807, 2.05) is 19.2 Å². The molecule has 21 heavy (non-hydrogen) atoms. The summed E-state index contributed by atoms with van der Waals surface area (Å²) in [6.07, 6.45) is 2.13. The molecule has 5 heteroatoms. The molecule has 0 bridgehead atoms. The summed E-state index contributed by atoms with van der Waals surface area (Å²) in [7, 11) is 1.61. The Kier molecular flexibility index (Phi) is 4.98. The molecule has 114 valence electrons. The van der Waals surface area contributed by atoms with Crippen LogP contribution in [-0.4, -0.2) is 31.9 Å². The van der Waals surface area contributed by atoms with E-state index >= 15 is 0 Å². The van der Waals surface area contributed by atoms with Crippen LogP contribution in [0.15, 0.2) is 34.2 Å². The van der Waals surface area contributed by atoms with E-state index in [1.165, 1.54) is 0 Å². The van der Waals surface area contributed by atoms with Crippen LogP contribution in [0.4, 0.5) is 0 Å². The molecule has 2 rings (SSSR count).